The van der Waals surface area contributed by atoms with Crippen LogP contribution >= 0.6 is 11.3 Å². The van der Waals surface area contributed by atoms with Crippen molar-refractivity contribution >= 4 is 23.1 Å². The highest BCUT2D eigenvalue weighted by Gasteiger charge is 2.11. The van der Waals surface area contributed by atoms with Gasteiger partial charge in [0, 0.05) is 16.5 Å². The zero-order chi connectivity index (χ0) is 16.9. The van der Waals surface area contributed by atoms with Crippen LogP contribution in [0.2, 0.25) is 0 Å². The van der Waals surface area contributed by atoms with Crippen molar-refractivity contribution in [3.63, 3.8) is 0 Å². The van der Waals surface area contributed by atoms with Gasteiger partial charge in [-0.25, -0.2) is 14.4 Å². The lowest BCUT2D eigenvalue weighted by molar-refractivity contribution is -0.115. The predicted molar refractivity (Wildman–Crippen MR) is 90.6 cm³/mol. The Hall–Kier alpha value is -2.80. The van der Waals surface area contributed by atoms with Crippen molar-refractivity contribution in [2.45, 2.75) is 6.42 Å². The van der Waals surface area contributed by atoms with E-state index in [0.29, 0.717) is 22.8 Å². The number of carbonyl (C=O) groups excluding carboxylic acids is 1. The molecule has 1 aromatic carbocycles. The molecule has 0 bridgehead atoms. The standard InChI is InChI=1S/C17H14FN3O2S/c1-23-15-5-4-11(18)7-13(15)14-9-16(20-10-19-14)21-17(22)8-12-3-2-6-24-12/h2-7,9-10H,8H2,1H3,(H,19,20,21,22). The molecule has 0 aliphatic rings. The highest BCUT2D eigenvalue weighted by atomic mass is 32.1. The Morgan fingerprint density at radius 1 is 1.29 bits per heavy atom. The Balaban J connectivity index is 1.82. The number of aromatic nitrogens is 2. The fraction of sp³-hybridized carbons (Fsp3) is 0.118. The van der Waals surface area contributed by atoms with Crippen LogP contribution in [0.25, 0.3) is 11.3 Å². The van der Waals surface area contributed by atoms with Gasteiger partial charge in [0.15, 0.2) is 0 Å². The number of rotatable bonds is 5. The summed E-state index contributed by atoms with van der Waals surface area (Å²) in [4.78, 5) is 21.2. The second kappa shape index (κ2) is 7.18. The molecule has 0 fully saturated rings. The molecule has 5 nitrogen and oxygen atoms in total. The highest BCUT2D eigenvalue weighted by molar-refractivity contribution is 7.10. The summed E-state index contributed by atoms with van der Waals surface area (Å²) in [5.74, 6) is 0.278. The van der Waals surface area contributed by atoms with Gasteiger partial charge in [0.25, 0.3) is 0 Å². The molecule has 24 heavy (non-hydrogen) atoms. The molecular weight excluding hydrogens is 329 g/mol. The minimum atomic E-state index is -0.396. The molecule has 1 amide bonds. The van der Waals surface area contributed by atoms with Crippen LogP contribution in [0.15, 0.2) is 48.1 Å². The number of benzene rings is 1. The van der Waals surface area contributed by atoms with Crippen LogP contribution in [0.5, 0.6) is 5.75 Å². The average Bonchev–Trinajstić information content (AvgIpc) is 3.08. The van der Waals surface area contributed by atoms with E-state index < -0.39 is 5.82 Å². The second-order valence-corrected chi connectivity index (χ2v) is 5.97. The molecule has 1 N–H and O–H groups in total. The van der Waals surface area contributed by atoms with Crippen LogP contribution in [-0.2, 0) is 11.2 Å². The number of nitrogens with one attached hydrogen (secondary N) is 1. The van der Waals surface area contributed by atoms with Gasteiger partial charge >= 0.3 is 0 Å². The summed E-state index contributed by atoms with van der Waals surface area (Å²) >= 11 is 1.52. The van der Waals surface area contributed by atoms with Crippen molar-refractivity contribution in [2.75, 3.05) is 12.4 Å². The zero-order valence-electron chi connectivity index (χ0n) is 12.8. The maximum absolute atomic E-state index is 13.5. The molecule has 0 radical (unpaired) electrons. The number of anilines is 1. The van der Waals surface area contributed by atoms with Gasteiger partial charge < -0.3 is 10.1 Å². The first kappa shape index (κ1) is 16.1. The quantitative estimate of drug-likeness (QED) is 0.770. The third kappa shape index (κ3) is 3.75. The molecule has 3 aromatic rings. The van der Waals surface area contributed by atoms with E-state index in [0.717, 1.165) is 4.88 Å². The molecule has 0 spiro atoms. The van der Waals surface area contributed by atoms with Crippen molar-refractivity contribution in [3.8, 4) is 17.0 Å². The van der Waals surface area contributed by atoms with Gasteiger partial charge in [-0.1, -0.05) is 6.07 Å². The highest BCUT2D eigenvalue weighted by Crippen LogP contribution is 2.29. The Morgan fingerprint density at radius 2 is 2.17 bits per heavy atom. The van der Waals surface area contributed by atoms with Gasteiger partial charge in [0.05, 0.1) is 19.2 Å². The Kier molecular flexibility index (Phi) is 4.81. The first-order chi connectivity index (χ1) is 11.7. The van der Waals surface area contributed by atoms with Gasteiger partial charge in [-0.15, -0.1) is 11.3 Å². The Labute approximate surface area is 142 Å². The number of thiophene rings is 1. The number of amides is 1. The lowest BCUT2D eigenvalue weighted by atomic mass is 10.1. The fourth-order valence-electron chi connectivity index (χ4n) is 2.21. The summed E-state index contributed by atoms with van der Waals surface area (Å²) < 4.78 is 18.8. The number of nitrogens with zero attached hydrogens (tertiary/aromatic N) is 2. The topological polar surface area (TPSA) is 64.1 Å². The van der Waals surface area contributed by atoms with Crippen LogP contribution in [-0.4, -0.2) is 23.0 Å². The smallest absolute Gasteiger partial charge is 0.230 e. The number of ether oxygens (including phenoxy) is 1. The fourth-order valence-corrected chi connectivity index (χ4v) is 2.92. The normalized spacial score (nSPS) is 10.4. The zero-order valence-corrected chi connectivity index (χ0v) is 13.6. The maximum Gasteiger partial charge on any atom is 0.230 e. The average molecular weight is 343 g/mol. The summed E-state index contributed by atoms with van der Waals surface area (Å²) in [5.41, 5.74) is 0.960. The summed E-state index contributed by atoms with van der Waals surface area (Å²) in [6, 6.07) is 9.55. The molecule has 3 rings (SSSR count). The van der Waals surface area contributed by atoms with Crippen LogP contribution < -0.4 is 10.1 Å². The Bertz CT molecular complexity index is 853. The van der Waals surface area contributed by atoms with Gasteiger partial charge in [-0.2, -0.15) is 0 Å². The van der Waals surface area contributed by atoms with E-state index in [1.165, 1.54) is 43.0 Å². The molecule has 0 atom stereocenters. The van der Waals surface area contributed by atoms with Gasteiger partial charge in [0.1, 0.15) is 23.7 Å². The van der Waals surface area contributed by atoms with Gasteiger partial charge in [-0.05, 0) is 29.6 Å². The molecule has 2 aromatic heterocycles. The van der Waals surface area contributed by atoms with E-state index in [4.69, 9.17) is 4.74 Å². The molecule has 0 saturated carbocycles. The second-order valence-electron chi connectivity index (χ2n) is 4.94. The number of halogens is 1. The molecule has 0 aliphatic carbocycles. The van der Waals surface area contributed by atoms with Crippen molar-refractivity contribution < 1.29 is 13.9 Å². The molecule has 0 aliphatic heterocycles. The molecule has 2 heterocycles. The maximum atomic E-state index is 13.5. The predicted octanol–water partition coefficient (Wildman–Crippen LogP) is 3.53. The number of methoxy groups -OCH3 is 1. The number of carbonyl (C=O) groups is 1. The third-order valence-electron chi connectivity index (χ3n) is 3.29. The monoisotopic (exact) mass is 343 g/mol. The lowest BCUT2D eigenvalue weighted by Gasteiger charge is -2.09. The van der Waals surface area contributed by atoms with E-state index in [1.807, 2.05) is 17.5 Å². The SMILES string of the molecule is COc1ccc(F)cc1-c1cc(NC(=O)Cc2cccs2)ncn1. The van der Waals surface area contributed by atoms with Crippen LogP contribution in [0.3, 0.4) is 0 Å². The van der Waals surface area contributed by atoms with E-state index in [2.05, 4.69) is 15.3 Å². The third-order valence-corrected chi connectivity index (χ3v) is 4.16. The van der Waals surface area contributed by atoms with Crippen molar-refractivity contribution in [1.29, 1.82) is 0 Å². The first-order valence-corrected chi connectivity index (χ1v) is 8.02. The summed E-state index contributed by atoms with van der Waals surface area (Å²) in [6.45, 7) is 0. The van der Waals surface area contributed by atoms with Gasteiger partial charge in [0.2, 0.25) is 5.91 Å². The van der Waals surface area contributed by atoms with Crippen molar-refractivity contribution in [2.24, 2.45) is 0 Å². The summed E-state index contributed by atoms with van der Waals surface area (Å²) in [7, 11) is 1.50. The first-order valence-electron chi connectivity index (χ1n) is 7.14. The summed E-state index contributed by atoms with van der Waals surface area (Å²) in [5, 5.41) is 4.64. The van der Waals surface area contributed by atoms with Gasteiger partial charge in [-0.3, -0.25) is 4.79 Å². The van der Waals surface area contributed by atoms with E-state index in [9.17, 15) is 9.18 Å². The molecule has 0 unspecified atom stereocenters. The van der Waals surface area contributed by atoms with Crippen LogP contribution in [0.1, 0.15) is 4.88 Å². The minimum Gasteiger partial charge on any atom is -0.496 e. The largest absolute Gasteiger partial charge is 0.496 e. The number of hydrogen-bond donors (Lipinski definition) is 1. The van der Waals surface area contributed by atoms with E-state index in [-0.39, 0.29) is 12.3 Å². The minimum absolute atomic E-state index is 0.173. The van der Waals surface area contributed by atoms with E-state index in [1.54, 1.807) is 6.07 Å². The molecule has 0 saturated heterocycles. The Morgan fingerprint density at radius 3 is 2.92 bits per heavy atom. The lowest BCUT2D eigenvalue weighted by Crippen LogP contribution is -2.14. The van der Waals surface area contributed by atoms with Crippen LogP contribution in [0.4, 0.5) is 10.2 Å². The molecule has 7 heteroatoms. The number of hydrogen-bond acceptors (Lipinski definition) is 5. The summed E-state index contributed by atoms with van der Waals surface area (Å²) in [6.07, 6.45) is 1.60. The molecule has 122 valence electrons. The van der Waals surface area contributed by atoms with Crippen molar-refractivity contribution in [3.05, 3.63) is 58.8 Å². The molecular formula is C17H14FN3O2S. The van der Waals surface area contributed by atoms with Crippen LogP contribution in [0, 0.1) is 5.82 Å². The van der Waals surface area contributed by atoms with Crippen molar-refractivity contribution in [1.82, 2.24) is 9.97 Å². The van der Waals surface area contributed by atoms with E-state index >= 15 is 0 Å².